The molecule has 2 rings (SSSR count). The van der Waals surface area contributed by atoms with Crippen molar-refractivity contribution in [2.45, 2.75) is 45.7 Å². The summed E-state index contributed by atoms with van der Waals surface area (Å²) >= 11 is 0. The summed E-state index contributed by atoms with van der Waals surface area (Å²) in [5.41, 5.74) is 10.1. The Morgan fingerprint density at radius 3 is 2.81 bits per heavy atom. The fourth-order valence-electron chi connectivity index (χ4n) is 2.91. The van der Waals surface area contributed by atoms with E-state index < -0.39 is 0 Å². The second kappa shape index (κ2) is 4.46. The molecule has 1 aliphatic heterocycles. The van der Waals surface area contributed by atoms with E-state index in [0.29, 0.717) is 12.1 Å². The molecule has 0 bridgehead atoms. The number of anilines is 1. The third kappa shape index (κ3) is 1.82. The first-order valence-electron chi connectivity index (χ1n) is 6.24. The molecule has 1 atom stereocenters. The average molecular weight is 218 g/mol. The molecule has 2 N–H and O–H groups in total. The Balaban J connectivity index is 2.40. The van der Waals surface area contributed by atoms with Crippen LogP contribution in [0.5, 0.6) is 0 Å². The Hall–Kier alpha value is -1.02. The van der Waals surface area contributed by atoms with Gasteiger partial charge in [-0.15, -0.1) is 0 Å². The normalized spacial score (nSPS) is 19.3. The van der Waals surface area contributed by atoms with Gasteiger partial charge >= 0.3 is 0 Å². The molecule has 0 aromatic heterocycles. The summed E-state index contributed by atoms with van der Waals surface area (Å²) in [6, 6.07) is 7.83. The largest absolute Gasteiger partial charge is 0.366 e. The van der Waals surface area contributed by atoms with Crippen LogP contribution in [0, 0.1) is 0 Å². The fraction of sp³-hybridized carbons (Fsp3) is 0.571. The van der Waals surface area contributed by atoms with E-state index in [0.717, 1.165) is 13.0 Å². The molecule has 1 aromatic carbocycles. The first-order chi connectivity index (χ1) is 7.65. The van der Waals surface area contributed by atoms with Crippen LogP contribution in [0.15, 0.2) is 18.2 Å². The second-order valence-electron chi connectivity index (χ2n) is 5.01. The summed E-state index contributed by atoms with van der Waals surface area (Å²) in [4.78, 5) is 2.52. The van der Waals surface area contributed by atoms with Crippen LogP contribution >= 0.6 is 0 Å². The summed E-state index contributed by atoms with van der Waals surface area (Å²) in [5.74, 6) is 0. The van der Waals surface area contributed by atoms with Gasteiger partial charge in [-0.1, -0.05) is 12.1 Å². The highest BCUT2D eigenvalue weighted by atomic mass is 15.2. The maximum Gasteiger partial charge on any atom is 0.0407 e. The summed E-state index contributed by atoms with van der Waals surface area (Å²) < 4.78 is 0. The van der Waals surface area contributed by atoms with E-state index in [2.05, 4.69) is 43.9 Å². The zero-order valence-electron chi connectivity index (χ0n) is 10.5. The quantitative estimate of drug-likeness (QED) is 0.844. The zero-order chi connectivity index (χ0) is 11.7. The van der Waals surface area contributed by atoms with Crippen LogP contribution in [0.25, 0.3) is 0 Å². The Bertz CT molecular complexity index is 371. The first-order valence-corrected chi connectivity index (χ1v) is 6.24. The maximum atomic E-state index is 5.67. The molecule has 2 heteroatoms. The lowest BCUT2D eigenvalue weighted by Crippen LogP contribution is -2.35. The monoisotopic (exact) mass is 218 g/mol. The van der Waals surface area contributed by atoms with E-state index in [1.165, 1.54) is 23.2 Å². The van der Waals surface area contributed by atoms with Gasteiger partial charge in [-0.25, -0.2) is 0 Å². The molecule has 0 saturated carbocycles. The van der Waals surface area contributed by atoms with Crippen molar-refractivity contribution in [1.29, 1.82) is 0 Å². The lowest BCUT2D eigenvalue weighted by Gasteiger charge is -2.29. The van der Waals surface area contributed by atoms with Gasteiger partial charge in [0.15, 0.2) is 0 Å². The number of rotatable bonds is 3. The van der Waals surface area contributed by atoms with Crippen molar-refractivity contribution < 1.29 is 0 Å². The summed E-state index contributed by atoms with van der Waals surface area (Å²) in [6.45, 7) is 7.58. The molecule has 0 aliphatic carbocycles. The molecule has 1 aliphatic rings. The second-order valence-corrected chi connectivity index (χ2v) is 5.01. The highest BCUT2D eigenvalue weighted by Gasteiger charge is 2.28. The minimum absolute atomic E-state index is 0.573. The Kier molecular flexibility index (Phi) is 3.20. The minimum atomic E-state index is 0.573. The Morgan fingerprint density at radius 1 is 1.44 bits per heavy atom. The van der Waals surface area contributed by atoms with E-state index in [4.69, 9.17) is 5.73 Å². The van der Waals surface area contributed by atoms with Crippen molar-refractivity contribution in [2.75, 3.05) is 11.4 Å². The van der Waals surface area contributed by atoms with Crippen LogP contribution in [0.3, 0.4) is 0 Å². The molecule has 1 aromatic rings. The van der Waals surface area contributed by atoms with Gasteiger partial charge in [0.25, 0.3) is 0 Å². The van der Waals surface area contributed by atoms with Crippen LogP contribution in [-0.2, 0) is 12.8 Å². The van der Waals surface area contributed by atoms with Crippen molar-refractivity contribution >= 4 is 5.69 Å². The predicted molar refractivity (Wildman–Crippen MR) is 70.0 cm³/mol. The third-order valence-corrected chi connectivity index (χ3v) is 3.47. The van der Waals surface area contributed by atoms with Gasteiger partial charge in [0.2, 0.25) is 0 Å². The SMILES string of the molecule is CC(C)N1c2cccc(CCN)c2CC1C. The fourth-order valence-corrected chi connectivity index (χ4v) is 2.91. The zero-order valence-corrected chi connectivity index (χ0v) is 10.5. The number of nitrogens with two attached hydrogens (primary N) is 1. The van der Waals surface area contributed by atoms with Crippen LogP contribution in [0.4, 0.5) is 5.69 Å². The van der Waals surface area contributed by atoms with Crippen molar-refractivity contribution in [3.8, 4) is 0 Å². The molecular weight excluding hydrogens is 196 g/mol. The number of fused-ring (bicyclic) bond motifs is 1. The third-order valence-electron chi connectivity index (χ3n) is 3.47. The summed E-state index contributed by atoms with van der Waals surface area (Å²) in [7, 11) is 0. The molecular formula is C14H22N2. The van der Waals surface area contributed by atoms with Crippen LogP contribution in [0.2, 0.25) is 0 Å². The molecule has 88 valence electrons. The van der Waals surface area contributed by atoms with Gasteiger partial charge in [-0.05, 0) is 57.4 Å². The Morgan fingerprint density at radius 2 is 2.19 bits per heavy atom. The van der Waals surface area contributed by atoms with Crippen molar-refractivity contribution in [3.63, 3.8) is 0 Å². The highest BCUT2D eigenvalue weighted by molar-refractivity contribution is 5.62. The topological polar surface area (TPSA) is 29.3 Å². The first kappa shape index (κ1) is 11.5. The van der Waals surface area contributed by atoms with Crippen LogP contribution in [0.1, 0.15) is 31.9 Å². The molecule has 0 fully saturated rings. The molecule has 0 amide bonds. The molecule has 0 spiro atoms. The van der Waals surface area contributed by atoms with Gasteiger partial charge in [-0.2, -0.15) is 0 Å². The average Bonchev–Trinajstić information content (AvgIpc) is 2.55. The van der Waals surface area contributed by atoms with E-state index >= 15 is 0 Å². The predicted octanol–water partition coefficient (Wildman–Crippen LogP) is 2.35. The van der Waals surface area contributed by atoms with E-state index in [-0.39, 0.29) is 0 Å². The van der Waals surface area contributed by atoms with Crippen LogP contribution in [-0.4, -0.2) is 18.6 Å². The number of benzene rings is 1. The van der Waals surface area contributed by atoms with Gasteiger partial charge < -0.3 is 10.6 Å². The van der Waals surface area contributed by atoms with Gasteiger partial charge in [-0.3, -0.25) is 0 Å². The summed E-state index contributed by atoms with van der Waals surface area (Å²) in [5, 5.41) is 0. The Labute approximate surface area is 98.4 Å². The highest BCUT2D eigenvalue weighted by Crippen LogP contribution is 2.35. The molecule has 2 nitrogen and oxygen atoms in total. The van der Waals surface area contributed by atoms with Crippen LogP contribution < -0.4 is 10.6 Å². The van der Waals surface area contributed by atoms with Crippen molar-refractivity contribution in [1.82, 2.24) is 0 Å². The standard InChI is InChI=1S/C14H22N2/c1-10(2)16-11(3)9-13-12(7-8-15)5-4-6-14(13)16/h4-6,10-11H,7-9,15H2,1-3H3. The molecule has 1 unspecified atom stereocenters. The van der Waals surface area contributed by atoms with Gasteiger partial charge in [0.1, 0.15) is 0 Å². The maximum absolute atomic E-state index is 5.67. The lowest BCUT2D eigenvalue weighted by molar-refractivity contribution is 0.605. The lowest BCUT2D eigenvalue weighted by atomic mass is 10.0. The van der Waals surface area contributed by atoms with Crippen molar-refractivity contribution in [2.24, 2.45) is 5.73 Å². The molecule has 1 heterocycles. The number of hydrogen-bond acceptors (Lipinski definition) is 2. The van der Waals surface area contributed by atoms with Crippen molar-refractivity contribution in [3.05, 3.63) is 29.3 Å². The minimum Gasteiger partial charge on any atom is -0.366 e. The van der Waals surface area contributed by atoms with E-state index in [1.807, 2.05) is 0 Å². The number of hydrogen-bond donors (Lipinski definition) is 1. The number of nitrogens with zero attached hydrogens (tertiary/aromatic N) is 1. The molecule has 16 heavy (non-hydrogen) atoms. The smallest absolute Gasteiger partial charge is 0.0407 e. The van der Waals surface area contributed by atoms with E-state index in [9.17, 15) is 0 Å². The van der Waals surface area contributed by atoms with E-state index in [1.54, 1.807) is 0 Å². The molecule has 0 radical (unpaired) electrons. The molecule has 0 saturated heterocycles. The van der Waals surface area contributed by atoms with Gasteiger partial charge in [0.05, 0.1) is 0 Å². The summed E-state index contributed by atoms with van der Waals surface area (Å²) in [6.07, 6.45) is 2.17. The van der Waals surface area contributed by atoms with Gasteiger partial charge in [0, 0.05) is 17.8 Å².